The smallest absolute Gasteiger partial charge is 0.258 e. The second-order valence-corrected chi connectivity index (χ2v) is 5.50. The van der Waals surface area contributed by atoms with Crippen LogP contribution in [0, 0.1) is 0 Å². The molecule has 1 aromatic heterocycles. The van der Waals surface area contributed by atoms with Crippen LogP contribution in [0.1, 0.15) is 10.4 Å². The van der Waals surface area contributed by atoms with Crippen molar-refractivity contribution in [2.24, 2.45) is 0 Å². The largest absolute Gasteiger partial charge is 0.399 e. The lowest BCUT2D eigenvalue weighted by Gasteiger charge is -2.08. The Morgan fingerprint density at radius 1 is 1.37 bits per heavy atom. The van der Waals surface area contributed by atoms with Crippen molar-refractivity contribution in [3.8, 4) is 0 Å². The molecule has 1 amide bonds. The minimum atomic E-state index is -0.408. The van der Waals surface area contributed by atoms with E-state index in [1.165, 1.54) is 12.3 Å². The van der Waals surface area contributed by atoms with Gasteiger partial charge in [0.2, 0.25) is 0 Å². The Morgan fingerprint density at radius 2 is 2.11 bits per heavy atom. The Hall–Kier alpha value is -1.18. The number of rotatable bonds is 2. The second-order valence-electron chi connectivity index (χ2n) is 3.53. The lowest BCUT2D eigenvalue weighted by molar-refractivity contribution is 0.102. The zero-order valence-electron chi connectivity index (χ0n) is 9.32. The molecule has 98 valence electrons. The molecule has 0 atom stereocenters. The summed E-state index contributed by atoms with van der Waals surface area (Å²) in [6.07, 6.45) is 1.47. The monoisotopic (exact) mass is 404 g/mol. The van der Waals surface area contributed by atoms with Gasteiger partial charge in [0.05, 0.1) is 16.8 Å². The number of nitrogens with one attached hydrogen (secondary N) is 1. The highest BCUT2D eigenvalue weighted by molar-refractivity contribution is 9.11. The van der Waals surface area contributed by atoms with Crippen molar-refractivity contribution in [1.82, 2.24) is 9.97 Å². The summed E-state index contributed by atoms with van der Waals surface area (Å²) in [6.45, 7) is 0. The molecule has 1 aromatic carbocycles. The van der Waals surface area contributed by atoms with Crippen LogP contribution >= 0.6 is 43.5 Å². The van der Waals surface area contributed by atoms with E-state index in [9.17, 15) is 4.79 Å². The van der Waals surface area contributed by atoms with Gasteiger partial charge in [-0.25, -0.2) is 9.97 Å². The zero-order valence-corrected chi connectivity index (χ0v) is 13.3. The SMILES string of the molecule is Nc1ccc(Cl)c(C(=O)Nc2ncc(Br)nc2Br)c1. The normalized spacial score (nSPS) is 10.3. The molecule has 0 radical (unpaired) electrons. The summed E-state index contributed by atoms with van der Waals surface area (Å²) in [6, 6.07) is 4.68. The summed E-state index contributed by atoms with van der Waals surface area (Å²) in [4.78, 5) is 20.2. The third-order valence-corrected chi connectivity index (χ3v) is 3.43. The predicted molar refractivity (Wildman–Crippen MR) is 81.2 cm³/mol. The van der Waals surface area contributed by atoms with E-state index in [4.69, 9.17) is 17.3 Å². The molecule has 0 spiro atoms. The number of nitrogens with two attached hydrogens (primary N) is 1. The summed E-state index contributed by atoms with van der Waals surface area (Å²) in [5, 5.41) is 2.91. The molecule has 0 unspecified atom stereocenters. The van der Waals surface area contributed by atoms with Gasteiger partial charge in [-0.15, -0.1) is 0 Å². The van der Waals surface area contributed by atoms with Gasteiger partial charge >= 0.3 is 0 Å². The Balaban J connectivity index is 2.28. The average molecular weight is 406 g/mol. The summed E-state index contributed by atoms with van der Waals surface area (Å²) in [5.74, 6) is -0.110. The number of carbonyl (C=O) groups excluding carboxylic acids is 1. The van der Waals surface area contributed by atoms with Crippen molar-refractivity contribution in [3.63, 3.8) is 0 Å². The molecule has 3 N–H and O–H groups in total. The minimum Gasteiger partial charge on any atom is -0.399 e. The number of hydrogen-bond donors (Lipinski definition) is 2. The Bertz CT molecular complexity index is 651. The standard InChI is InChI=1S/C11H7Br2ClN4O/c12-8-4-16-10(9(13)17-8)18-11(19)6-3-5(15)1-2-7(6)14/h1-4H,15H2,(H,16,18,19). The molecule has 8 heteroatoms. The summed E-state index contributed by atoms with van der Waals surface area (Å²) >= 11 is 12.3. The second kappa shape index (κ2) is 5.85. The molecule has 0 aliphatic heterocycles. The van der Waals surface area contributed by atoms with Crippen LogP contribution in [0.3, 0.4) is 0 Å². The van der Waals surface area contributed by atoms with E-state index in [1.54, 1.807) is 12.1 Å². The maximum Gasteiger partial charge on any atom is 0.258 e. The molecule has 1 heterocycles. The maximum absolute atomic E-state index is 12.1. The summed E-state index contributed by atoms with van der Waals surface area (Å²) < 4.78 is 0.967. The van der Waals surface area contributed by atoms with E-state index >= 15 is 0 Å². The number of hydrogen-bond acceptors (Lipinski definition) is 4. The number of nitrogen functional groups attached to an aromatic ring is 1. The van der Waals surface area contributed by atoms with E-state index < -0.39 is 5.91 Å². The first-order valence-corrected chi connectivity index (χ1v) is 6.98. The van der Waals surface area contributed by atoms with Gasteiger partial charge in [-0.05, 0) is 50.1 Å². The molecule has 0 saturated heterocycles. The first-order valence-electron chi connectivity index (χ1n) is 5.02. The topological polar surface area (TPSA) is 80.9 Å². The van der Waals surface area contributed by atoms with Crippen molar-refractivity contribution in [2.45, 2.75) is 0 Å². The number of aromatic nitrogens is 2. The highest BCUT2D eigenvalue weighted by atomic mass is 79.9. The molecular formula is C11H7Br2ClN4O. The number of anilines is 2. The van der Waals surface area contributed by atoms with E-state index in [0.29, 0.717) is 25.7 Å². The maximum atomic E-state index is 12.1. The average Bonchev–Trinajstić information content (AvgIpc) is 2.35. The lowest BCUT2D eigenvalue weighted by Crippen LogP contribution is -2.14. The predicted octanol–water partition coefficient (Wildman–Crippen LogP) is 3.49. The van der Waals surface area contributed by atoms with E-state index in [2.05, 4.69) is 47.1 Å². The van der Waals surface area contributed by atoms with Crippen molar-refractivity contribution in [3.05, 3.63) is 44.2 Å². The van der Waals surface area contributed by atoms with Gasteiger partial charge in [0.1, 0.15) is 9.21 Å². The quantitative estimate of drug-likeness (QED) is 0.748. The van der Waals surface area contributed by atoms with Gasteiger partial charge < -0.3 is 11.1 Å². The van der Waals surface area contributed by atoms with E-state index in [0.717, 1.165) is 0 Å². The summed E-state index contributed by atoms with van der Waals surface area (Å²) in [5.41, 5.74) is 6.36. The Morgan fingerprint density at radius 3 is 2.79 bits per heavy atom. The molecule has 2 aromatic rings. The van der Waals surface area contributed by atoms with Crippen molar-refractivity contribution in [2.75, 3.05) is 11.1 Å². The van der Waals surface area contributed by atoms with Crippen LogP contribution in [0.15, 0.2) is 33.6 Å². The van der Waals surface area contributed by atoms with Crippen LogP contribution in [0.25, 0.3) is 0 Å². The summed E-state index contributed by atoms with van der Waals surface area (Å²) in [7, 11) is 0. The van der Waals surface area contributed by atoms with Gasteiger partial charge in [0.15, 0.2) is 5.82 Å². The molecule has 0 bridgehead atoms. The first kappa shape index (κ1) is 14.2. The molecule has 0 aliphatic carbocycles. The number of carbonyl (C=O) groups is 1. The van der Waals surface area contributed by atoms with Gasteiger partial charge in [-0.1, -0.05) is 11.6 Å². The van der Waals surface area contributed by atoms with Crippen molar-refractivity contribution in [1.29, 1.82) is 0 Å². The number of benzene rings is 1. The molecular weight excluding hydrogens is 399 g/mol. The number of nitrogens with zero attached hydrogens (tertiary/aromatic N) is 2. The van der Waals surface area contributed by atoms with Crippen LogP contribution in [0.5, 0.6) is 0 Å². The van der Waals surface area contributed by atoms with Crippen LogP contribution in [0.4, 0.5) is 11.5 Å². The Labute approximate surface area is 130 Å². The minimum absolute atomic E-state index is 0.276. The van der Waals surface area contributed by atoms with Crippen LogP contribution in [-0.4, -0.2) is 15.9 Å². The fraction of sp³-hybridized carbons (Fsp3) is 0. The fourth-order valence-corrected chi connectivity index (χ4v) is 2.44. The van der Waals surface area contributed by atoms with E-state index in [-0.39, 0.29) is 5.56 Å². The van der Waals surface area contributed by atoms with E-state index in [1.807, 2.05) is 0 Å². The molecule has 5 nitrogen and oxygen atoms in total. The zero-order chi connectivity index (χ0) is 14.0. The van der Waals surface area contributed by atoms with Gasteiger partial charge in [-0.2, -0.15) is 0 Å². The number of halogens is 3. The third kappa shape index (κ3) is 3.43. The van der Waals surface area contributed by atoms with Gasteiger partial charge in [0.25, 0.3) is 5.91 Å². The van der Waals surface area contributed by atoms with Crippen molar-refractivity contribution >= 4 is 60.9 Å². The molecule has 19 heavy (non-hydrogen) atoms. The van der Waals surface area contributed by atoms with Gasteiger partial charge in [-0.3, -0.25) is 4.79 Å². The Kier molecular flexibility index (Phi) is 4.38. The lowest BCUT2D eigenvalue weighted by atomic mass is 10.2. The molecule has 0 aliphatic rings. The van der Waals surface area contributed by atoms with Crippen LogP contribution in [-0.2, 0) is 0 Å². The van der Waals surface area contributed by atoms with Crippen LogP contribution < -0.4 is 11.1 Å². The highest BCUT2D eigenvalue weighted by Crippen LogP contribution is 2.23. The number of amides is 1. The van der Waals surface area contributed by atoms with Gasteiger partial charge in [0, 0.05) is 5.69 Å². The van der Waals surface area contributed by atoms with Crippen molar-refractivity contribution < 1.29 is 4.79 Å². The third-order valence-electron chi connectivity index (χ3n) is 2.17. The van der Waals surface area contributed by atoms with Crippen LogP contribution in [0.2, 0.25) is 5.02 Å². The molecule has 0 fully saturated rings. The molecule has 2 rings (SSSR count). The fourth-order valence-electron chi connectivity index (χ4n) is 1.32. The first-order chi connectivity index (χ1) is 8.97. The molecule has 0 saturated carbocycles. The highest BCUT2D eigenvalue weighted by Gasteiger charge is 2.14.